The number of fused-ring (bicyclic) bond motifs is 2. The standard InChI is InChI=1S/C26H19NO3/c1-30-22-11-6-17(7-12-22)16-27-24-13-10-21(15-23(24)25(28)26(27)29)20-9-8-18-4-2-3-5-19(18)14-20/h2-15H,16H2,1H3. The number of nitrogens with zero attached hydrogens (tertiary/aromatic N) is 1. The second-order valence-corrected chi connectivity index (χ2v) is 7.36. The number of Topliss-reactive ketones (excluding diaryl/α,β-unsaturated/α-hetero) is 1. The molecule has 4 nitrogen and oxygen atoms in total. The van der Waals surface area contributed by atoms with Crippen LogP contribution < -0.4 is 9.64 Å². The van der Waals surface area contributed by atoms with E-state index in [1.165, 1.54) is 5.39 Å². The predicted molar refractivity (Wildman–Crippen MR) is 118 cm³/mol. The van der Waals surface area contributed by atoms with Crippen LogP contribution >= 0.6 is 0 Å². The first-order valence-corrected chi connectivity index (χ1v) is 9.76. The van der Waals surface area contributed by atoms with Gasteiger partial charge >= 0.3 is 0 Å². The topological polar surface area (TPSA) is 46.6 Å². The summed E-state index contributed by atoms with van der Waals surface area (Å²) in [5.41, 5.74) is 3.99. The summed E-state index contributed by atoms with van der Waals surface area (Å²) < 4.78 is 5.18. The SMILES string of the molecule is COc1ccc(CN2C(=O)C(=O)c3cc(-c4ccc5ccccc5c4)ccc32)cc1. The summed E-state index contributed by atoms with van der Waals surface area (Å²) in [6.07, 6.45) is 0. The van der Waals surface area contributed by atoms with E-state index in [0.717, 1.165) is 27.8 Å². The number of methoxy groups -OCH3 is 1. The molecule has 0 atom stereocenters. The van der Waals surface area contributed by atoms with Crippen molar-refractivity contribution < 1.29 is 14.3 Å². The van der Waals surface area contributed by atoms with Crippen LogP contribution in [0.2, 0.25) is 0 Å². The molecule has 1 amide bonds. The normalized spacial score (nSPS) is 13.0. The van der Waals surface area contributed by atoms with Crippen molar-refractivity contribution in [3.63, 3.8) is 0 Å². The third-order valence-electron chi connectivity index (χ3n) is 5.55. The molecule has 0 aliphatic carbocycles. The van der Waals surface area contributed by atoms with Gasteiger partial charge in [-0.2, -0.15) is 0 Å². The van der Waals surface area contributed by atoms with Crippen LogP contribution in [0, 0.1) is 0 Å². The molecule has 30 heavy (non-hydrogen) atoms. The molecule has 0 fully saturated rings. The summed E-state index contributed by atoms with van der Waals surface area (Å²) in [7, 11) is 1.61. The molecule has 0 unspecified atom stereocenters. The van der Waals surface area contributed by atoms with E-state index in [4.69, 9.17) is 4.74 Å². The van der Waals surface area contributed by atoms with Crippen LogP contribution in [0.4, 0.5) is 5.69 Å². The van der Waals surface area contributed by atoms with Gasteiger partial charge in [0.2, 0.25) is 0 Å². The Kier molecular flexibility index (Phi) is 4.32. The third-order valence-corrected chi connectivity index (χ3v) is 5.55. The zero-order chi connectivity index (χ0) is 20.7. The number of hydrogen-bond donors (Lipinski definition) is 0. The summed E-state index contributed by atoms with van der Waals surface area (Å²) >= 11 is 0. The maximum absolute atomic E-state index is 12.7. The molecule has 5 rings (SSSR count). The molecule has 0 saturated carbocycles. The van der Waals surface area contributed by atoms with Crippen molar-refractivity contribution in [2.75, 3.05) is 12.0 Å². The van der Waals surface area contributed by atoms with E-state index in [-0.39, 0.29) is 0 Å². The van der Waals surface area contributed by atoms with Gasteiger partial charge in [0, 0.05) is 0 Å². The second-order valence-electron chi connectivity index (χ2n) is 7.36. The summed E-state index contributed by atoms with van der Waals surface area (Å²) in [5.74, 6) is -0.194. The number of hydrogen-bond acceptors (Lipinski definition) is 3. The van der Waals surface area contributed by atoms with Crippen molar-refractivity contribution in [1.29, 1.82) is 0 Å². The van der Waals surface area contributed by atoms with Crippen LogP contribution in [0.1, 0.15) is 15.9 Å². The number of benzene rings is 4. The van der Waals surface area contributed by atoms with Crippen molar-refractivity contribution in [3.05, 3.63) is 96.1 Å². The first-order valence-electron chi connectivity index (χ1n) is 9.76. The smallest absolute Gasteiger partial charge is 0.299 e. The van der Waals surface area contributed by atoms with Gasteiger partial charge < -0.3 is 9.64 Å². The van der Waals surface area contributed by atoms with Crippen molar-refractivity contribution in [1.82, 2.24) is 0 Å². The minimum Gasteiger partial charge on any atom is -0.497 e. The molecule has 0 spiro atoms. The van der Waals surface area contributed by atoms with E-state index in [1.54, 1.807) is 12.0 Å². The molecule has 0 radical (unpaired) electrons. The first kappa shape index (κ1) is 18.1. The number of amides is 1. The van der Waals surface area contributed by atoms with Crippen molar-refractivity contribution in [2.45, 2.75) is 6.54 Å². The number of carbonyl (C=O) groups is 2. The molecule has 1 aliphatic heterocycles. The number of ketones is 1. The Labute approximate surface area is 174 Å². The highest BCUT2D eigenvalue weighted by molar-refractivity contribution is 6.52. The minimum absolute atomic E-state index is 0.344. The molecular weight excluding hydrogens is 374 g/mol. The van der Waals surface area contributed by atoms with Gasteiger partial charge in [-0.05, 0) is 57.8 Å². The fourth-order valence-corrected chi connectivity index (χ4v) is 3.92. The molecule has 4 aromatic rings. The number of anilines is 1. The Morgan fingerprint density at radius 2 is 1.47 bits per heavy atom. The molecule has 4 heteroatoms. The lowest BCUT2D eigenvalue weighted by molar-refractivity contribution is -0.114. The molecule has 0 aromatic heterocycles. The summed E-state index contributed by atoms with van der Waals surface area (Å²) in [5, 5.41) is 2.30. The fourth-order valence-electron chi connectivity index (χ4n) is 3.92. The second kappa shape index (κ2) is 7.16. The van der Waals surface area contributed by atoms with E-state index in [2.05, 4.69) is 24.3 Å². The highest BCUT2D eigenvalue weighted by atomic mass is 16.5. The van der Waals surface area contributed by atoms with E-state index in [0.29, 0.717) is 17.8 Å². The zero-order valence-corrected chi connectivity index (χ0v) is 16.5. The van der Waals surface area contributed by atoms with Gasteiger partial charge in [-0.15, -0.1) is 0 Å². The number of carbonyl (C=O) groups excluding carboxylic acids is 2. The summed E-state index contributed by atoms with van der Waals surface area (Å²) in [6.45, 7) is 0.344. The first-order chi connectivity index (χ1) is 14.6. The lowest BCUT2D eigenvalue weighted by atomic mass is 9.98. The lowest BCUT2D eigenvalue weighted by Gasteiger charge is -2.17. The quantitative estimate of drug-likeness (QED) is 0.445. The molecule has 1 heterocycles. The van der Waals surface area contributed by atoms with E-state index in [9.17, 15) is 9.59 Å². The van der Waals surface area contributed by atoms with Crippen LogP contribution in [-0.4, -0.2) is 18.8 Å². The molecular formula is C26H19NO3. The highest BCUT2D eigenvalue weighted by Crippen LogP contribution is 2.35. The third kappa shape index (κ3) is 3.03. The molecule has 4 aromatic carbocycles. The van der Waals surface area contributed by atoms with Crippen molar-refractivity contribution in [2.24, 2.45) is 0 Å². The minimum atomic E-state index is -0.489. The molecule has 0 N–H and O–H groups in total. The van der Waals surface area contributed by atoms with Gasteiger partial charge in [0.15, 0.2) is 0 Å². The van der Waals surface area contributed by atoms with Gasteiger partial charge in [0.1, 0.15) is 5.75 Å². The average molecular weight is 393 g/mol. The largest absolute Gasteiger partial charge is 0.497 e. The number of ether oxygens (including phenoxy) is 1. The van der Waals surface area contributed by atoms with Gasteiger partial charge in [0.05, 0.1) is 24.9 Å². The van der Waals surface area contributed by atoms with Gasteiger partial charge in [-0.25, -0.2) is 0 Å². The Morgan fingerprint density at radius 3 is 2.23 bits per heavy atom. The van der Waals surface area contributed by atoms with Crippen LogP contribution in [0.3, 0.4) is 0 Å². The lowest BCUT2D eigenvalue weighted by Crippen LogP contribution is -2.29. The average Bonchev–Trinajstić information content (AvgIpc) is 3.03. The maximum atomic E-state index is 12.7. The maximum Gasteiger partial charge on any atom is 0.299 e. The number of rotatable bonds is 4. The summed E-state index contributed by atoms with van der Waals surface area (Å²) in [4.78, 5) is 26.9. The predicted octanol–water partition coefficient (Wildman–Crippen LogP) is 5.24. The van der Waals surface area contributed by atoms with Crippen LogP contribution in [0.25, 0.3) is 21.9 Å². The Bertz CT molecular complexity index is 1290. The van der Waals surface area contributed by atoms with Gasteiger partial charge in [-0.3, -0.25) is 9.59 Å². The van der Waals surface area contributed by atoms with Crippen molar-refractivity contribution in [3.8, 4) is 16.9 Å². The Morgan fingerprint density at radius 1 is 0.767 bits per heavy atom. The zero-order valence-electron chi connectivity index (χ0n) is 16.5. The molecule has 1 aliphatic rings. The van der Waals surface area contributed by atoms with E-state index in [1.807, 2.05) is 60.7 Å². The van der Waals surface area contributed by atoms with Gasteiger partial charge in [0.25, 0.3) is 11.7 Å². The highest BCUT2D eigenvalue weighted by Gasteiger charge is 2.35. The van der Waals surface area contributed by atoms with E-state index < -0.39 is 11.7 Å². The molecule has 146 valence electrons. The van der Waals surface area contributed by atoms with E-state index >= 15 is 0 Å². The van der Waals surface area contributed by atoms with Crippen LogP contribution in [-0.2, 0) is 11.3 Å². The Balaban J connectivity index is 1.49. The fraction of sp³-hybridized carbons (Fsp3) is 0.0769. The summed E-state index contributed by atoms with van der Waals surface area (Å²) in [6, 6.07) is 27.5. The van der Waals surface area contributed by atoms with Gasteiger partial charge in [-0.1, -0.05) is 54.6 Å². The monoisotopic (exact) mass is 393 g/mol. The molecule has 0 saturated heterocycles. The van der Waals surface area contributed by atoms with Crippen LogP contribution in [0.15, 0.2) is 84.9 Å². The van der Waals surface area contributed by atoms with Crippen molar-refractivity contribution >= 4 is 28.2 Å². The van der Waals surface area contributed by atoms with Crippen LogP contribution in [0.5, 0.6) is 5.75 Å². The molecule has 0 bridgehead atoms. The Hall–Kier alpha value is -3.92.